The zero-order valence-corrected chi connectivity index (χ0v) is 11.3. The molecule has 0 atom stereocenters. The van der Waals surface area contributed by atoms with E-state index in [9.17, 15) is 0 Å². The van der Waals surface area contributed by atoms with Crippen LogP contribution < -0.4 is 4.90 Å². The molecule has 0 amide bonds. The van der Waals surface area contributed by atoms with Crippen LogP contribution in [-0.4, -0.2) is 29.8 Å². The van der Waals surface area contributed by atoms with Crippen molar-refractivity contribution in [2.45, 2.75) is 13.3 Å². The summed E-state index contributed by atoms with van der Waals surface area (Å²) in [6.45, 7) is 10.7. The van der Waals surface area contributed by atoms with E-state index in [4.69, 9.17) is 28.5 Å². The lowest BCUT2D eigenvalue weighted by Crippen LogP contribution is -2.48. The Balaban J connectivity index is 2.49. The van der Waals surface area contributed by atoms with Crippen molar-refractivity contribution >= 4 is 23.1 Å². The normalized spacial score (nSPS) is 14.7. The highest BCUT2D eigenvalue weighted by atomic mass is 35.5. The fourth-order valence-electron chi connectivity index (χ4n) is 2.23. The van der Waals surface area contributed by atoms with Crippen molar-refractivity contribution in [1.29, 1.82) is 5.26 Å². The van der Waals surface area contributed by atoms with Crippen LogP contribution in [0.1, 0.15) is 18.1 Å². The number of aliphatic hydroxyl groups is 1. The van der Waals surface area contributed by atoms with Crippen LogP contribution in [-0.2, 0) is 6.42 Å². The van der Waals surface area contributed by atoms with Gasteiger partial charge in [-0.1, -0.05) is 18.5 Å². The predicted molar refractivity (Wildman–Crippen MR) is 72.4 cm³/mol. The van der Waals surface area contributed by atoms with Gasteiger partial charge in [-0.25, -0.2) is 9.83 Å². The lowest BCUT2D eigenvalue weighted by molar-refractivity contribution is 0.200. The van der Waals surface area contributed by atoms with Gasteiger partial charge in [0.2, 0.25) is 5.69 Å². The molecule has 98 valence electrons. The highest BCUT2D eigenvalue weighted by Gasteiger charge is 2.31. The summed E-state index contributed by atoms with van der Waals surface area (Å²) in [6, 6.07) is 2.02. The van der Waals surface area contributed by atoms with E-state index in [0.29, 0.717) is 36.6 Å². The van der Waals surface area contributed by atoms with E-state index in [-0.39, 0.29) is 23.2 Å². The van der Waals surface area contributed by atoms with E-state index in [1.54, 1.807) is 0 Å². The van der Waals surface area contributed by atoms with Gasteiger partial charge in [0.15, 0.2) is 0 Å². The Labute approximate surface area is 116 Å². The number of pyridine rings is 1. The number of rotatable bonds is 3. The Bertz CT molecular complexity index is 582. The number of hydrogen-bond acceptors (Lipinski definition) is 4. The van der Waals surface area contributed by atoms with Gasteiger partial charge in [0.25, 0.3) is 0 Å². The third-order valence-electron chi connectivity index (χ3n) is 3.30. The molecular formula is C13H13ClN4O. The van der Waals surface area contributed by atoms with E-state index in [1.807, 2.05) is 17.9 Å². The van der Waals surface area contributed by atoms with Crippen LogP contribution >= 0.6 is 11.6 Å². The van der Waals surface area contributed by atoms with Crippen LogP contribution in [0.15, 0.2) is 0 Å². The summed E-state index contributed by atoms with van der Waals surface area (Å²) < 4.78 is 0. The third-order valence-corrected chi connectivity index (χ3v) is 3.58. The average Bonchev–Trinajstić information content (AvgIpc) is 2.36. The molecule has 19 heavy (non-hydrogen) atoms. The van der Waals surface area contributed by atoms with Gasteiger partial charge in [-0.15, -0.1) is 0 Å². The van der Waals surface area contributed by atoms with Crippen LogP contribution in [0.5, 0.6) is 0 Å². The molecule has 1 N–H and O–H groups in total. The number of nitriles is 1. The first-order chi connectivity index (χ1) is 9.15. The monoisotopic (exact) mass is 276 g/mol. The second-order valence-corrected chi connectivity index (χ2v) is 4.82. The number of halogens is 1. The third kappa shape index (κ3) is 2.23. The SMILES string of the molecule is [C-]#[N+]c1c(N2CC(CO)C2)nc(Cl)c(C#N)c1CC. The first-order valence-electron chi connectivity index (χ1n) is 6.01. The van der Waals surface area contributed by atoms with Gasteiger partial charge in [0.05, 0.1) is 12.1 Å². The molecule has 5 nitrogen and oxygen atoms in total. The van der Waals surface area contributed by atoms with Crippen LogP contribution in [0, 0.1) is 23.8 Å². The van der Waals surface area contributed by atoms with Crippen molar-refractivity contribution < 1.29 is 5.11 Å². The van der Waals surface area contributed by atoms with Crippen molar-refractivity contribution in [3.8, 4) is 6.07 Å². The Morgan fingerprint density at radius 2 is 2.32 bits per heavy atom. The molecule has 1 saturated heterocycles. The highest BCUT2D eigenvalue weighted by Crippen LogP contribution is 2.38. The quantitative estimate of drug-likeness (QED) is 0.679. The fraction of sp³-hybridized carbons (Fsp3) is 0.462. The first kappa shape index (κ1) is 13.6. The Kier molecular flexibility index (Phi) is 3.90. The minimum Gasteiger partial charge on any atom is -0.396 e. The number of aromatic nitrogens is 1. The molecule has 1 aromatic heterocycles. The van der Waals surface area contributed by atoms with Gasteiger partial charge < -0.3 is 10.0 Å². The minimum absolute atomic E-state index is 0.133. The summed E-state index contributed by atoms with van der Waals surface area (Å²) in [5.74, 6) is 0.750. The summed E-state index contributed by atoms with van der Waals surface area (Å²) in [6.07, 6.45) is 0.563. The van der Waals surface area contributed by atoms with E-state index in [0.717, 1.165) is 0 Å². The molecular weight excluding hydrogens is 264 g/mol. The zero-order valence-electron chi connectivity index (χ0n) is 10.5. The van der Waals surface area contributed by atoms with E-state index < -0.39 is 0 Å². The molecule has 1 aliphatic rings. The van der Waals surface area contributed by atoms with Crippen LogP contribution in [0.2, 0.25) is 5.15 Å². The smallest absolute Gasteiger partial charge is 0.232 e. The standard InChI is InChI=1S/C13H13ClN4O/c1-3-9-10(4-15)12(14)17-13(11(9)16-2)18-5-8(6-18)7-19/h8,19H,3,5-7H2,1H3. The van der Waals surface area contributed by atoms with Gasteiger partial charge in [0, 0.05) is 25.6 Å². The second kappa shape index (κ2) is 5.44. The number of anilines is 1. The number of aliphatic hydroxyl groups excluding tert-OH is 1. The van der Waals surface area contributed by atoms with E-state index in [1.165, 1.54) is 0 Å². The van der Waals surface area contributed by atoms with Crippen molar-refractivity contribution in [2.24, 2.45) is 5.92 Å². The molecule has 1 aliphatic heterocycles. The zero-order chi connectivity index (χ0) is 14.0. The molecule has 6 heteroatoms. The van der Waals surface area contributed by atoms with Crippen LogP contribution in [0.4, 0.5) is 11.5 Å². The van der Waals surface area contributed by atoms with Gasteiger partial charge in [-0.2, -0.15) is 5.26 Å². The number of hydrogen-bond donors (Lipinski definition) is 1. The highest BCUT2D eigenvalue weighted by molar-refractivity contribution is 6.31. The fourth-order valence-corrected chi connectivity index (χ4v) is 2.47. The first-order valence-corrected chi connectivity index (χ1v) is 6.39. The van der Waals surface area contributed by atoms with Gasteiger partial charge in [-0.05, 0) is 12.0 Å². The molecule has 0 aliphatic carbocycles. The molecule has 0 aromatic carbocycles. The van der Waals surface area contributed by atoms with Gasteiger partial charge in [0.1, 0.15) is 17.0 Å². The summed E-state index contributed by atoms with van der Waals surface area (Å²) >= 11 is 6.03. The van der Waals surface area contributed by atoms with Crippen molar-refractivity contribution in [3.05, 3.63) is 27.7 Å². The predicted octanol–water partition coefficient (Wildman–Crippen LogP) is 2.15. The Morgan fingerprint density at radius 3 is 2.79 bits per heavy atom. The summed E-state index contributed by atoms with van der Waals surface area (Å²) in [7, 11) is 0. The number of nitrogens with zero attached hydrogens (tertiary/aromatic N) is 4. The van der Waals surface area contributed by atoms with Crippen LogP contribution in [0.25, 0.3) is 4.85 Å². The lowest BCUT2D eigenvalue weighted by atomic mass is 9.99. The molecule has 0 radical (unpaired) electrons. The van der Waals surface area contributed by atoms with Gasteiger partial charge in [-0.3, -0.25) is 0 Å². The lowest BCUT2D eigenvalue weighted by Gasteiger charge is -2.40. The molecule has 0 bridgehead atoms. The van der Waals surface area contributed by atoms with Gasteiger partial charge >= 0.3 is 0 Å². The van der Waals surface area contributed by atoms with E-state index in [2.05, 4.69) is 9.83 Å². The van der Waals surface area contributed by atoms with E-state index >= 15 is 0 Å². The maximum Gasteiger partial charge on any atom is 0.232 e. The Morgan fingerprint density at radius 1 is 1.63 bits per heavy atom. The Hall–Kier alpha value is -1.82. The minimum atomic E-state index is 0.133. The molecule has 0 unspecified atom stereocenters. The molecule has 0 spiro atoms. The molecule has 2 rings (SSSR count). The van der Waals surface area contributed by atoms with Crippen molar-refractivity contribution in [1.82, 2.24) is 4.98 Å². The second-order valence-electron chi connectivity index (χ2n) is 4.46. The summed E-state index contributed by atoms with van der Waals surface area (Å²) in [5, 5.41) is 18.3. The van der Waals surface area contributed by atoms with Crippen LogP contribution in [0.3, 0.4) is 0 Å². The molecule has 0 saturated carbocycles. The maximum absolute atomic E-state index is 9.11. The summed E-state index contributed by atoms with van der Waals surface area (Å²) in [4.78, 5) is 9.62. The average molecular weight is 277 g/mol. The van der Waals surface area contributed by atoms with Crippen molar-refractivity contribution in [3.63, 3.8) is 0 Å². The topological polar surface area (TPSA) is 64.5 Å². The molecule has 2 heterocycles. The largest absolute Gasteiger partial charge is 0.396 e. The molecule has 1 fully saturated rings. The summed E-state index contributed by atoms with van der Waals surface area (Å²) in [5.41, 5.74) is 1.35. The maximum atomic E-state index is 9.11. The van der Waals surface area contributed by atoms with Crippen molar-refractivity contribution in [2.75, 3.05) is 24.6 Å². The molecule has 1 aromatic rings.